The van der Waals surface area contributed by atoms with Gasteiger partial charge in [0.05, 0.1) is 12.3 Å². The molecule has 15 heavy (non-hydrogen) atoms. The summed E-state index contributed by atoms with van der Waals surface area (Å²) in [5, 5.41) is 13.8. The van der Waals surface area contributed by atoms with Gasteiger partial charge in [0.1, 0.15) is 0 Å². The van der Waals surface area contributed by atoms with E-state index in [0.29, 0.717) is 11.2 Å². The number of aliphatic hydroxyl groups excluding tert-OH is 1. The van der Waals surface area contributed by atoms with Gasteiger partial charge in [-0.3, -0.25) is 0 Å². The van der Waals surface area contributed by atoms with Crippen LogP contribution in [0.5, 0.6) is 0 Å². The van der Waals surface area contributed by atoms with Gasteiger partial charge in [-0.1, -0.05) is 0 Å². The van der Waals surface area contributed by atoms with Gasteiger partial charge in [0.15, 0.2) is 5.65 Å². The van der Waals surface area contributed by atoms with Crippen LogP contribution in [0, 0.1) is 13.8 Å². The Bertz CT molecular complexity index is 491. The number of hydrogen-bond acceptors (Lipinski definition) is 4. The van der Waals surface area contributed by atoms with Gasteiger partial charge in [-0.05, 0) is 19.4 Å². The maximum Gasteiger partial charge on any atom is 0.161 e. The summed E-state index contributed by atoms with van der Waals surface area (Å²) in [5.41, 5.74) is 8.77. The summed E-state index contributed by atoms with van der Waals surface area (Å²) in [4.78, 5) is 4.39. The molecule has 0 spiro atoms. The van der Waals surface area contributed by atoms with Gasteiger partial charge >= 0.3 is 0 Å². The molecule has 5 heteroatoms. The minimum atomic E-state index is -0.697. The SMILES string of the molecule is Cc1cn2ncc(C(O)CN)c2nc1C. The van der Waals surface area contributed by atoms with Crippen LogP contribution in [0.4, 0.5) is 0 Å². The number of aryl methyl sites for hydroxylation is 2. The van der Waals surface area contributed by atoms with E-state index in [1.165, 1.54) is 0 Å². The van der Waals surface area contributed by atoms with Crippen LogP contribution in [0.1, 0.15) is 22.9 Å². The van der Waals surface area contributed by atoms with Crippen molar-refractivity contribution in [2.75, 3.05) is 6.54 Å². The molecule has 2 aromatic heterocycles. The van der Waals surface area contributed by atoms with Crippen molar-refractivity contribution in [2.45, 2.75) is 20.0 Å². The molecule has 1 atom stereocenters. The Labute approximate surface area is 87.6 Å². The fourth-order valence-electron chi connectivity index (χ4n) is 1.47. The van der Waals surface area contributed by atoms with Gasteiger partial charge in [0.25, 0.3) is 0 Å². The summed E-state index contributed by atoms with van der Waals surface area (Å²) in [6.45, 7) is 4.08. The van der Waals surface area contributed by atoms with E-state index in [1.807, 2.05) is 20.0 Å². The molecular weight excluding hydrogens is 192 g/mol. The van der Waals surface area contributed by atoms with Crippen molar-refractivity contribution in [2.24, 2.45) is 5.73 Å². The zero-order chi connectivity index (χ0) is 11.0. The number of nitrogens with zero attached hydrogens (tertiary/aromatic N) is 3. The molecule has 80 valence electrons. The van der Waals surface area contributed by atoms with Crippen LogP contribution in [0.25, 0.3) is 5.65 Å². The standard InChI is InChI=1S/C10H14N4O/c1-6-5-14-10(13-7(6)2)8(4-12-14)9(15)3-11/h4-5,9,15H,3,11H2,1-2H3. The van der Waals surface area contributed by atoms with Crippen LogP contribution < -0.4 is 5.73 Å². The van der Waals surface area contributed by atoms with E-state index in [9.17, 15) is 5.11 Å². The lowest BCUT2D eigenvalue weighted by Gasteiger charge is -2.06. The maximum absolute atomic E-state index is 9.66. The Morgan fingerprint density at radius 3 is 2.93 bits per heavy atom. The van der Waals surface area contributed by atoms with E-state index in [0.717, 1.165) is 11.3 Å². The molecule has 0 bridgehead atoms. The van der Waals surface area contributed by atoms with Gasteiger partial charge in [0.2, 0.25) is 0 Å². The van der Waals surface area contributed by atoms with Crippen molar-refractivity contribution in [3.05, 3.63) is 29.2 Å². The van der Waals surface area contributed by atoms with Crippen LogP contribution in [-0.4, -0.2) is 26.2 Å². The highest BCUT2D eigenvalue weighted by atomic mass is 16.3. The van der Waals surface area contributed by atoms with E-state index in [1.54, 1.807) is 10.7 Å². The average Bonchev–Trinajstić information content (AvgIpc) is 2.61. The van der Waals surface area contributed by atoms with Crippen molar-refractivity contribution in [1.29, 1.82) is 0 Å². The van der Waals surface area contributed by atoms with Crippen molar-refractivity contribution in [1.82, 2.24) is 14.6 Å². The Morgan fingerprint density at radius 2 is 2.27 bits per heavy atom. The molecule has 0 aliphatic rings. The first-order chi connectivity index (χ1) is 7.13. The quantitative estimate of drug-likeness (QED) is 0.742. The topological polar surface area (TPSA) is 76.4 Å². The Hall–Kier alpha value is -1.46. The number of fused-ring (bicyclic) bond motifs is 1. The van der Waals surface area contributed by atoms with Gasteiger partial charge in [-0.15, -0.1) is 0 Å². The summed E-state index contributed by atoms with van der Waals surface area (Å²) in [5.74, 6) is 0. The second-order valence-corrected chi connectivity index (χ2v) is 3.63. The molecule has 0 aromatic carbocycles. The molecule has 2 aromatic rings. The summed E-state index contributed by atoms with van der Waals surface area (Å²) >= 11 is 0. The second-order valence-electron chi connectivity index (χ2n) is 3.63. The lowest BCUT2D eigenvalue weighted by Crippen LogP contribution is -2.11. The van der Waals surface area contributed by atoms with E-state index in [2.05, 4.69) is 10.1 Å². The zero-order valence-electron chi connectivity index (χ0n) is 8.81. The number of rotatable bonds is 2. The van der Waals surface area contributed by atoms with Gasteiger partial charge in [-0.25, -0.2) is 9.50 Å². The van der Waals surface area contributed by atoms with E-state index in [4.69, 9.17) is 5.73 Å². The number of hydrogen-bond donors (Lipinski definition) is 2. The third-order valence-corrected chi connectivity index (χ3v) is 2.54. The Balaban J connectivity index is 2.64. The average molecular weight is 206 g/mol. The van der Waals surface area contributed by atoms with Crippen molar-refractivity contribution in [3.63, 3.8) is 0 Å². The highest BCUT2D eigenvalue weighted by Crippen LogP contribution is 2.17. The summed E-state index contributed by atoms with van der Waals surface area (Å²) in [6.07, 6.45) is 2.81. The molecule has 5 nitrogen and oxygen atoms in total. The highest BCUT2D eigenvalue weighted by Gasteiger charge is 2.13. The van der Waals surface area contributed by atoms with E-state index in [-0.39, 0.29) is 6.54 Å². The van der Waals surface area contributed by atoms with Crippen molar-refractivity contribution in [3.8, 4) is 0 Å². The first kappa shape index (κ1) is 10.1. The van der Waals surface area contributed by atoms with Crippen LogP contribution in [-0.2, 0) is 0 Å². The van der Waals surface area contributed by atoms with Crippen LogP contribution in [0.15, 0.2) is 12.4 Å². The maximum atomic E-state index is 9.66. The van der Waals surface area contributed by atoms with Gasteiger partial charge in [0, 0.05) is 24.0 Å². The number of nitrogens with two attached hydrogens (primary N) is 1. The molecule has 0 aliphatic heterocycles. The second kappa shape index (κ2) is 3.60. The smallest absolute Gasteiger partial charge is 0.161 e. The molecule has 2 heterocycles. The van der Waals surface area contributed by atoms with E-state index >= 15 is 0 Å². The number of aliphatic hydroxyl groups is 1. The fourth-order valence-corrected chi connectivity index (χ4v) is 1.47. The Kier molecular flexibility index (Phi) is 2.42. The van der Waals surface area contributed by atoms with Crippen LogP contribution in [0.3, 0.4) is 0 Å². The largest absolute Gasteiger partial charge is 0.387 e. The molecule has 0 saturated carbocycles. The van der Waals surface area contributed by atoms with Crippen molar-refractivity contribution < 1.29 is 5.11 Å². The normalized spacial score (nSPS) is 13.3. The Morgan fingerprint density at radius 1 is 1.53 bits per heavy atom. The molecule has 0 aliphatic carbocycles. The monoisotopic (exact) mass is 206 g/mol. The third kappa shape index (κ3) is 1.60. The zero-order valence-corrected chi connectivity index (χ0v) is 8.81. The first-order valence-corrected chi connectivity index (χ1v) is 4.83. The molecule has 0 amide bonds. The van der Waals surface area contributed by atoms with E-state index < -0.39 is 6.10 Å². The van der Waals surface area contributed by atoms with Crippen LogP contribution in [0.2, 0.25) is 0 Å². The predicted molar refractivity (Wildman–Crippen MR) is 56.5 cm³/mol. The van der Waals surface area contributed by atoms with Crippen LogP contribution >= 0.6 is 0 Å². The molecular formula is C10H14N4O. The molecule has 0 fully saturated rings. The van der Waals surface area contributed by atoms with Gasteiger partial charge < -0.3 is 10.8 Å². The number of aromatic nitrogens is 3. The minimum Gasteiger partial charge on any atom is -0.387 e. The minimum absolute atomic E-state index is 0.177. The fraction of sp³-hybridized carbons (Fsp3) is 0.400. The lowest BCUT2D eigenvalue weighted by molar-refractivity contribution is 0.188. The molecule has 0 saturated heterocycles. The summed E-state index contributed by atoms with van der Waals surface area (Å²) < 4.78 is 1.66. The lowest BCUT2D eigenvalue weighted by atomic mass is 10.2. The first-order valence-electron chi connectivity index (χ1n) is 4.83. The van der Waals surface area contributed by atoms with Crippen molar-refractivity contribution >= 4 is 5.65 Å². The molecule has 0 radical (unpaired) electrons. The predicted octanol–water partition coefficient (Wildman–Crippen LogP) is 0.338. The van der Waals surface area contributed by atoms with Gasteiger partial charge in [-0.2, -0.15) is 5.10 Å². The summed E-state index contributed by atoms with van der Waals surface area (Å²) in [7, 11) is 0. The molecule has 1 unspecified atom stereocenters. The third-order valence-electron chi connectivity index (χ3n) is 2.54. The molecule has 2 rings (SSSR count). The summed E-state index contributed by atoms with van der Waals surface area (Å²) in [6, 6.07) is 0. The molecule has 3 N–H and O–H groups in total. The highest BCUT2D eigenvalue weighted by molar-refractivity contribution is 5.48.